The van der Waals surface area contributed by atoms with Crippen LogP contribution in [0.25, 0.3) is 0 Å². The van der Waals surface area contributed by atoms with E-state index in [4.69, 9.17) is 0 Å². The van der Waals surface area contributed by atoms with Gasteiger partial charge in [-0.2, -0.15) is 0 Å². The fourth-order valence-corrected chi connectivity index (χ4v) is 0. The standard InChI is InChI=1S/C4H10N.Ti/c1-4-5(2)3;/h1,4H2,2-3H3;. The normalized spacial score (nSPS) is 8.00. The van der Waals surface area contributed by atoms with Crippen LogP contribution >= 0.6 is 0 Å². The Hall–Kier alpha value is 0.674. The summed E-state index contributed by atoms with van der Waals surface area (Å²) in [5, 5.41) is 0. The zero-order chi connectivity index (χ0) is 4.28. The Balaban J connectivity index is 0. The van der Waals surface area contributed by atoms with Gasteiger partial charge in [-0.3, -0.25) is 0 Å². The van der Waals surface area contributed by atoms with Gasteiger partial charge in [-0.25, -0.2) is 0 Å². The van der Waals surface area contributed by atoms with Crippen LogP contribution in [0.4, 0.5) is 0 Å². The van der Waals surface area contributed by atoms with Crippen molar-refractivity contribution in [2.45, 2.75) is 0 Å². The maximum Gasteiger partial charge on any atom is 0 e. The Morgan fingerprint density at radius 2 is 1.67 bits per heavy atom. The predicted molar refractivity (Wildman–Crippen MR) is 23.9 cm³/mol. The van der Waals surface area contributed by atoms with Crippen molar-refractivity contribution >= 4 is 0 Å². The van der Waals surface area contributed by atoms with Crippen LogP contribution in [0.3, 0.4) is 0 Å². The summed E-state index contributed by atoms with van der Waals surface area (Å²) in [6, 6.07) is 0. The smallest absolute Gasteiger partial charge is 0 e. The summed E-state index contributed by atoms with van der Waals surface area (Å²) in [6.45, 7) is 4.50. The minimum absolute atomic E-state index is 0. The van der Waals surface area contributed by atoms with Crippen LogP contribution < -0.4 is 0 Å². The summed E-state index contributed by atoms with van der Waals surface area (Å²) < 4.78 is 0. The number of rotatable bonds is 1. The molecular weight excluding hydrogens is 110 g/mol. The molecule has 0 spiro atoms. The molecule has 0 atom stereocenters. The Bertz CT molecular complexity index is 21.5. The SMILES string of the molecule is [CH2]CN(C)C.[Ti]. The molecule has 0 aliphatic rings. The van der Waals surface area contributed by atoms with Gasteiger partial charge in [0.25, 0.3) is 0 Å². The Morgan fingerprint density at radius 3 is 1.67 bits per heavy atom. The third-order valence-electron chi connectivity index (χ3n) is 0.447. The van der Waals surface area contributed by atoms with Gasteiger partial charge in [0, 0.05) is 21.7 Å². The van der Waals surface area contributed by atoms with Crippen LogP contribution in [0.5, 0.6) is 0 Å². The molecule has 35 valence electrons. The molecular formula is C4H10NTi. The fourth-order valence-electron chi connectivity index (χ4n) is 0. The maximum absolute atomic E-state index is 3.61. The van der Waals surface area contributed by atoms with Gasteiger partial charge in [-0.15, -0.1) is 0 Å². The summed E-state index contributed by atoms with van der Waals surface area (Å²) >= 11 is 0. The third kappa shape index (κ3) is 8.82. The first-order valence-electron chi connectivity index (χ1n) is 1.71. The van der Waals surface area contributed by atoms with Gasteiger partial charge in [-0.1, -0.05) is 0 Å². The van der Waals surface area contributed by atoms with Crippen molar-refractivity contribution in [2.24, 2.45) is 0 Å². The average Bonchev–Trinajstić information content (AvgIpc) is 1.38. The quantitative estimate of drug-likeness (QED) is 0.452. The Morgan fingerprint density at radius 1 is 1.50 bits per heavy atom. The molecule has 0 aliphatic carbocycles. The summed E-state index contributed by atoms with van der Waals surface area (Å²) in [7, 11) is 3.99. The second-order valence-corrected chi connectivity index (χ2v) is 1.30. The van der Waals surface area contributed by atoms with Gasteiger partial charge in [0.2, 0.25) is 0 Å². The van der Waals surface area contributed by atoms with Gasteiger partial charge in [0.05, 0.1) is 0 Å². The van der Waals surface area contributed by atoms with Gasteiger partial charge >= 0.3 is 0 Å². The van der Waals surface area contributed by atoms with E-state index in [1.807, 2.05) is 19.0 Å². The molecule has 0 aromatic rings. The minimum Gasteiger partial charge on any atom is -0.309 e. The summed E-state index contributed by atoms with van der Waals surface area (Å²) in [6.07, 6.45) is 0. The predicted octanol–water partition coefficient (Wildman–Crippen LogP) is 0.380. The molecule has 0 aliphatic heterocycles. The van der Waals surface area contributed by atoms with Crippen molar-refractivity contribution in [3.63, 3.8) is 0 Å². The molecule has 0 aromatic carbocycles. The first-order valence-corrected chi connectivity index (χ1v) is 1.71. The van der Waals surface area contributed by atoms with E-state index in [0.29, 0.717) is 0 Å². The monoisotopic (exact) mass is 120 g/mol. The van der Waals surface area contributed by atoms with Gasteiger partial charge in [0.15, 0.2) is 0 Å². The van der Waals surface area contributed by atoms with E-state index in [1.165, 1.54) is 0 Å². The molecule has 0 amide bonds. The largest absolute Gasteiger partial charge is 0.309 e. The molecule has 2 heteroatoms. The molecule has 0 fully saturated rings. The van der Waals surface area contributed by atoms with Crippen LogP contribution in [0.15, 0.2) is 0 Å². The van der Waals surface area contributed by atoms with E-state index in [0.717, 1.165) is 6.54 Å². The van der Waals surface area contributed by atoms with E-state index in [1.54, 1.807) is 0 Å². The molecule has 0 bridgehead atoms. The molecule has 0 saturated carbocycles. The molecule has 1 nitrogen and oxygen atoms in total. The summed E-state index contributed by atoms with van der Waals surface area (Å²) in [5.74, 6) is 0. The molecule has 6 heavy (non-hydrogen) atoms. The molecule has 0 aromatic heterocycles. The van der Waals surface area contributed by atoms with Crippen molar-refractivity contribution < 1.29 is 21.7 Å². The van der Waals surface area contributed by atoms with E-state index in [2.05, 4.69) is 6.92 Å². The van der Waals surface area contributed by atoms with Crippen molar-refractivity contribution in [3.05, 3.63) is 6.92 Å². The summed E-state index contributed by atoms with van der Waals surface area (Å²) in [4.78, 5) is 2.01. The zero-order valence-corrected chi connectivity index (χ0v) is 5.92. The maximum atomic E-state index is 3.61. The molecule has 0 N–H and O–H groups in total. The molecule has 0 unspecified atom stereocenters. The van der Waals surface area contributed by atoms with Crippen LogP contribution in [0.2, 0.25) is 0 Å². The van der Waals surface area contributed by atoms with Crippen molar-refractivity contribution in [2.75, 3.05) is 20.6 Å². The van der Waals surface area contributed by atoms with Crippen LogP contribution in [-0.4, -0.2) is 25.5 Å². The number of hydrogen-bond donors (Lipinski definition) is 0. The van der Waals surface area contributed by atoms with E-state index in [-0.39, 0.29) is 21.7 Å². The van der Waals surface area contributed by atoms with Crippen molar-refractivity contribution in [1.29, 1.82) is 0 Å². The Labute approximate surface area is 54.6 Å². The minimum atomic E-state index is 0. The van der Waals surface area contributed by atoms with E-state index in [9.17, 15) is 0 Å². The van der Waals surface area contributed by atoms with Gasteiger partial charge in [-0.05, 0) is 27.6 Å². The number of nitrogens with zero attached hydrogens (tertiary/aromatic N) is 1. The number of hydrogen-bond acceptors (Lipinski definition) is 1. The fraction of sp³-hybridized carbons (Fsp3) is 0.750. The molecule has 0 saturated heterocycles. The van der Waals surface area contributed by atoms with Crippen molar-refractivity contribution in [1.82, 2.24) is 4.90 Å². The topological polar surface area (TPSA) is 3.24 Å². The first kappa shape index (κ1) is 9.84. The second-order valence-electron chi connectivity index (χ2n) is 1.30. The zero-order valence-electron chi connectivity index (χ0n) is 4.36. The van der Waals surface area contributed by atoms with Gasteiger partial charge < -0.3 is 4.90 Å². The van der Waals surface area contributed by atoms with E-state index < -0.39 is 0 Å². The van der Waals surface area contributed by atoms with E-state index >= 15 is 0 Å². The van der Waals surface area contributed by atoms with Gasteiger partial charge in [0.1, 0.15) is 0 Å². The molecule has 0 rings (SSSR count). The molecule has 1 radical (unpaired) electrons. The average molecular weight is 120 g/mol. The third-order valence-corrected chi connectivity index (χ3v) is 0.447. The van der Waals surface area contributed by atoms with Crippen LogP contribution in [0, 0.1) is 6.92 Å². The molecule has 0 heterocycles. The van der Waals surface area contributed by atoms with Crippen LogP contribution in [0.1, 0.15) is 0 Å². The summed E-state index contributed by atoms with van der Waals surface area (Å²) in [5.41, 5.74) is 0. The second kappa shape index (κ2) is 5.67. The van der Waals surface area contributed by atoms with Crippen LogP contribution in [-0.2, 0) is 21.7 Å². The Kier molecular flexibility index (Phi) is 9.30. The van der Waals surface area contributed by atoms with Crippen molar-refractivity contribution in [3.8, 4) is 0 Å². The first-order chi connectivity index (χ1) is 2.27.